The predicted octanol–water partition coefficient (Wildman–Crippen LogP) is 3.41. The van der Waals surface area contributed by atoms with E-state index < -0.39 is 0 Å². The van der Waals surface area contributed by atoms with Gasteiger partial charge in [0.1, 0.15) is 0 Å². The van der Waals surface area contributed by atoms with E-state index >= 15 is 0 Å². The molecule has 0 atom stereocenters. The van der Waals surface area contributed by atoms with Crippen molar-refractivity contribution in [1.29, 1.82) is 0 Å². The van der Waals surface area contributed by atoms with Crippen LogP contribution in [0, 0.1) is 12.8 Å². The third kappa shape index (κ3) is 4.15. The van der Waals surface area contributed by atoms with E-state index in [0.717, 1.165) is 24.6 Å². The van der Waals surface area contributed by atoms with Gasteiger partial charge < -0.3 is 10.2 Å². The molecule has 112 valence electrons. The predicted molar refractivity (Wildman–Crippen MR) is 87.0 cm³/mol. The number of aryl methyl sites for hydroxylation is 1. The molecule has 0 radical (unpaired) electrons. The summed E-state index contributed by atoms with van der Waals surface area (Å²) in [5, 5.41) is 11.3. The molecule has 0 saturated carbocycles. The molecule has 5 nitrogen and oxygen atoms in total. The molecule has 21 heavy (non-hydrogen) atoms. The Morgan fingerprint density at radius 1 is 1.29 bits per heavy atom. The average Bonchev–Trinajstić information content (AvgIpc) is 2.46. The maximum atomic E-state index is 4.56. The van der Waals surface area contributed by atoms with Crippen LogP contribution in [0.3, 0.4) is 0 Å². The first-order chi connectivity index (χ1) is 10.1. The first-order valence-electron chi connectivity index (χ1n) is 7.38. The summed E-state index contributed by atoms with van der Waals surface area (Å²) in [5.74, 6) is 1.92. The van der Waals surface area contributed by atoms with Gasteiger partial charge in [-0.05, 0) is 37.5 Å². The van der Waals surface area contributed by atoms with Crippen molar-refractivity contribution in [2.45, 2.75) is 27.7 Å². The van der Waals surface area contributed by atoms with Crippen LogP contribution in [0.5, 0.6) is 0 Å². The molecular formula is C16H23N5. The summed E-state index contributed by atoms with van der Waals surface area (Å²) >= 11 is 0. The first kappa shape index (κ1) is 15.2. The van der Waals surface area contributed by atoms with Crippen molar-refractivity contribution in [1.82, 2.24) is 15.2 Å². The topological polar surface area (TPSA) is 53.9 Å². The zero-order valence-corrected chi connectivity index (χ0v) is 13.2. The molecule has 0 aliphatic heterocycles. The Labute approximate surface area is 126 Å². The minimum Gasteiger partial charge on any atom is -0.353 e. The molecule has 1 aromatic heterocycles. The van der Waals surface area contributed by atoms with E-state index in [-0.39, 0.29) is 0 Å². The monoisotopic (exact) mass is 285 g/mol. The Morgan fingerprint density at radius 2 is 2.10 bits per heavy atom. The summed E-state index contributed by atoms with van der Waals surface area (Å²) in [6, 6.07) is 8.37. The molecule has 5 heteroatoms. The van der Waals surface area contributed by atoms with Crippen LogP contribution in [0.4, 0.5) is 17.5 Å². The van der Waals surface area contributed by atoms with Gasteiger partial charge in [0.2, 0.25) is 5.95 Å². The van der Waals surface area contributed by atoms with Crippen LogP contribution in [-0.2, 0) is 0 Å². The van der Waals surface area contributed by atoms with Gasteiger partial charge in [-0.15, -0.1) is 5.10 Å². The first-order valence-corrected chi connectivity index (χ1v) is 7.38. The van der Waals surface area contributed by atoms with Crippen LogP contribution in [-0.4, -0.2) is 28.3 Å². The van der Waals surface area contributed by atoms with Crippen molar-refractivity contribution in [3.8, 4) is 0 Å². The van der Waals surface area contributed by atoms with Crippen molar-refractivity contribution in [2.24, 2.45) is 5.92 Å². The number of aromatic nitrogens is 3. The smallest absolute Gasteiger partial charge is 0.244 e. The van der Waals surface area contributed by atoms with Gasteiger partial charge in [0.05, 0.1) is 6.20 Å². The van der Waals surface area contributed by atoms with Gasteiger partial charge in [0.25, 0.3) is 0 Å². The second-order valence-corrected chi connectivity index (χ2v) is 5.50. The lowest BCUT2D eigenvalue weighted by Gasteiger charge is -2.22. The number of benzene rings is 1. The van der Waals surface area contributed by atoms with Crippen LogP contribution in [0.25, 0.3) is 0 Å². The van der Waals surface area contributed by atoms with Crippen LogP contribution >= 0.6 is 0 Å². The van der Waals surface area contributed by atoms with Crippen molar-refractivity contribution >= 4 is 17.5 Å². The van der Waals surface area contributed by atoms with Crippen molar-refractivity contribution in [2.75, 3.05) is 23.3 Å². The Hall–Kier alpha value is -2.17. The SMILES string of the molecule is CCN(c1cccc(C)c1)c1cnnc(NCC(C)C)n1. The molecule has 2 rings (SSSR count). The van der Waals surface area contributed by atoms with Crippen molar-refractivity contribution in [3.05, 3.63) is 36.0 Å². The lowest BCUT2D eigenvalue weighted by molar-refractivity contribution is 0.682. The molecular weight excluding hydrogens is 262 g/mol. The highest BCUT2D eigenvalue weighted by molar-refractivity contribution is 5.60. The number of nitrogens with one attached hydrogen (secondary N) is 1. The standard InChI is InChI=1S/C16H23N5/c1-5-21(14-8-6-7-13(4)9-14)15-11-18-20-16(19-15)17-10-12(2)3/h6-9,11-12H,5,10H2,1-4H3,(H,17,19,20). The zero-order valence-electron chi connectivity index (χ0n) is 13.2. The maximum absolute atomic E-state index is 4.56. The van der Waals surface area contributed by atoms with Crippen LogP contribution in [0.15, 0.2) is 30.5 Å². The fourth-order valence-electron chi connectivity index (χ4n) is 2.07. The van der Waals surface area contributed by atoms with Crippen LogP contribution < -0.4 is 10.2 Å². The minimum absolute atomic E-state index is 0.538. The largest absolute Gasteiger partial charge is 0.353 e. The normalized spacial score (nSPS) is 10.7. The second-order valence-electron chi connectivity index (χ2n) is 5.50. The molecule has 1 N–H and O–H groups in total. The van der Waals surface area contributed by atoms with E-state index in [2.05, 4.69) is 77.4 Å². The highest BCUT2D eigenvalue weighted by Gasteiger charge is 2.11. The molecule has 0 bridgehead atoms. The van der Waals surface area contributed by atoms with Gasteiger partial charge in [-0.25, -0.2) is 0 Å². The number of nitrogens with zero attached hydrogens (tertiary/aromatic N) is 4. The summed E-state index contributed by atoms with van der Waals surface area (Å²) in [5.41, 5.74) is 2.35. The van der Waals surface area contributed by atoms with E-state index in [4.69, 9.17) is 0 Å². The van der Waals surface area contributed by atoms with E-state index in [9.17, 15) is 0 Å². The van der Waals surface area contributed by atoms with Gasteiger partial charge >= 0.3 is 0 Å². The highest BCUT2D eigenvalue weighted by Crippen LogP contribution is 2.23. The molecule has 0 aliphatic rings. The van der Waals surface area contributed by atoms with Gasteiger partial charge in [0.15, 0.2) is 5.82 Å². The molecule has 2 aromatic rings. The lowest BCUT2D eigenvalue weighted by atomic mass is 10.2. The van der Waals surface area contributed by atoms with Gasteiger partial charge in [0, 0.05) is 18.8 Å². The third-order valence-corrected chi connectivity index (χ3v) is 3.12. The quantitative estimate of drug-likeness (QED) is 0.881. The summed E-state index contributed by atoms with van der Waals surface area (Å²) in [7, 11) is 0. The Morgan fingerprint density at radius 3 is 2.76 bits per heavy atom. The number of anilines is 3. The van der Waals surface area contributed by atoms with E-state index in [1.807, 2.05) is 0 Å². The number of rotatable bonds is 6. The number of hydrogen-bond acceptors (Lipinski definition) is 5. The third-order valence-electron chi connectivity index (χ3n) is 3.12. The van der Waals surface area contributed by atoms with Gasteiger partial charge in [-0.3, -0.25) is 0 Å². The fourth-order valence-corrected chi connectivity index (χ4v) is 2.07. The van der Waals surface area contributed by atoms with E-state index in [1.54, 1.807) is 6.20 Å². The molecule has 0 saturated heterocycles. The molecule has 0 spiro atoms. The molecule has 0 amide bonds. The van der Waals surface area contributed by atoms with Crippen LogP contribution in [0.2, 0.25) is 0 Å². The summed E-state index contributed by atoms with van der Waals surface area (Å²) in [4.78, 5) is 6.69. The lowest BCUT2D eigenvalue weighted by Crippen LogP contribution is -2.19. The van der Waals surface area contributed by atoms with Crippen molar-refractivity contribution in [3.63, 3.8) is 0 Å². The zero-order chi connectivity index (χ0) is 15.2. The van der Waals surface area contributed by atoms with E-state index in [0.29, 0.717) is 11.9 Å². The van der Waals surface area contributed by atoms with Crippen molar-refractivity contribution < 1.29 is 0 Å². The average molecular weight is 285 g/mol. The van der Waals surface area contributed by atoms with Gasteiger partial charge in [-0.2, -0.15) is 10.1 Å². The Bertz CT molecular complexity index is 582. The molecule has 1 aromatic carbocycles. The summed E-state index contributed by atoms with van der Waals surface area (Å²) in [6.07, 6.45) is 1.70. The maximum Gasteiger partial charge on any atom is 0.244 e. The Kier molecular flexibility index (Phi) is 5.09. The summed E-state index contributed by atoms with van der Waals surface area (Å²) in [6.45, 7) is 10.1. The molecule has 0 unspecified atom stereocenters. The second kappa shape index (κ2) is 7.02. The highest BCUT2D eigenvalue weighted by atomic mass is 15.3. The molecule has 1 heterocycles. The van der Waals surface area contributed by atoms with Gasteiger partial charge in [-0.1, -0.05) is 26.0 Å². The number of hydrogen-bond donors (Lipinski definition) is 1. The van der Waals surface area contributed by atoms with Crippen LogP contribution in [0.1, 0.15) is 26.3 Å². The minimum atomic E-state index is 0.538. The summed E-state index contributed by atoms with van der Waals surface area (Å²) < 4.78 is 0. The molecule has 0 fully saturated rings. The molecule has 0 aliphatic carbocycles. The Balaban J connectivity index is 2.24. The van der Waals surface area contributed by atoms with E-state index in [1.165, 1.54) is 5.56 Å². The fraction of sp³-hybridized carbons (Fsp3) is 0.438.